The van der Waals surface area contributed by atoms with Gasteiger partial charge in [-0.3, -0.25) is 19.3 Å². The second kappa shape index (κ2) is 12.6. The highest BCUT2D eigenvalue weighted by molar-refractivity contribution is 5.83. The lowest BCUT2D eigenvalue weighted by Gasteiger charge is -2.45. The molecule has 1 saturated heterocycles. The monoisotopic (exact) mass is 544 g/mol. The van der Waals surface area contributed by atoms with Crippen LogP contribution in [0.25, 0.3) is 10.9 Å². The third kappa shape index (κ3) is 6.53. The van der Waals surface area contributed by atoms with E-state index in [2.05, 4.69) is 39.6 Å². The van der Waals surface area contributed by atoms with Gasteiger partial charge in [-0.05, 0) is 56.9 Å². The molecular formula is C30H42F2N4O3. The molecule has 0 saturated carbocycles. The van der Waals surface area contributed by atoms with Crippen molar-refractivity contribution in [1.29, 1.82) is 0 Å². The van der Waals surface area contributed by atoms with Crippen molar-refractivity contribution in [2.75, 3.05) is 53.7 Å². The number of halogens is 2. The van der Waals surface area contributed by atoms with E-state index >= 15 is 4.39 Å². The van der Waals surface area contributed by atoms with Crippen molar-refractivity contribution in [3.63, 3.8) is 0 Å². The third-order valence-electron chi connectivity index (χ3n) is 7.68. The van der Waals surface area contributed by atoms with E-state index in [0.717, 1.165) is 48.1 Å². The van der Waals surface area contributed by atoms with Gasteiger partial charge in [0.25, 0.3) is 0 Å². The summed E-state index contributed by atoms with van der Waals surface area (Å²) in [6.45, 7) is 12.2. The summed E-state index contributed by atoms with van der Waals surface area (Å²) in [7, 11) is 3.14. The molecule has 2 aliphatic rings. The highest BCUT2D eigenvalue weighted by Crippen LogP contribution is 2.43. The largest absolute Gasteiger partial charge is 0.496 e. The quantitative estimate of drug-likeness (QED) is 0.274. The molecule has 0 amide bonds. The van der Waals surface area contributed by atoms with Crippen molar-refractivity contribution < 1.29 is 23.0 Å². The minimum Gasteiger partial charge on any atom is -0.496 e. The lowest BCUT2D eigenvalue weighted by Crippen LogP contribution is -2.52. The summed E-state index contributed by atoms with van der Waals surface area (Å²) in [5.41, 5.74) is 2.40. The lowest BCUT2D eigenvalue weighted by atomic mass is 9.82. The zero-order chi connectivity index (χ0) is 28.2. The Morgan fingerprint density at radius 1 is 1.31 bits per heavy atom. The highest BCUT2D eigenvalue weighted by Gasteiger charge is 2.40. The molecule has 0 radical (unpaired) electrons. The summed E-state index contributed by atoms with van der Waals surface area (Å²) in [5, 5.41) is 8.38. The maximum absolute atomic E-state index is 15.6. The maximum Gasteiger partial charge on any atom is 0.144 e. The van der Waals surface area contributed by atoms with E-state index < -0.39 is 5.67 Å². The first kappa shape index (κ1) is 29.2. The number of alkyl halides is 2. The molecule has 4 rings (SSSR count). The molecule has 214 valence electrons. The van der Waals surface area contributed by atoms with E-state index in [1.165, 1.54) is 12.7 Å². The fourth-order valence-electron chi connectivity index (χ4n) is 5.77. The van der Waals surface area contributed by atoms with Gasteiger partial charge in [-0.1, -0.05) is 12.6 Å². The molecule has 0 spiro atoms. The molecule has 0 aliphatic carbocycles. The van der Waals surface area contributed by atoms with Crippen LogP contribution in [0.1, 0.15) is 44.4 Å². The second-order valence-corrected chi connectivity index (χ2v) is 10.9. The van der Waals surface area contributed by atoms with Crippen LogP contribution in [0.5, 0.6) is 0 Å². The van der Waals surface area contributed by atoms with E-state index in [4.69, 9.17) is 14.2 Å². The van der Waals surface area contributed by atoms with Gasteiger partial charge in [0.1, 0.15) is 23.3 Å². The first-order valence-corrected chi connectivity index (χ1v) is 13.7. The Bertz CT molecular complexity index is 1200. The Labute approximate surface area is 230 Å². The summed E-state index contributed by atoms with van der Waals surface area (Å²) >= 11 is 0. The Morgan fingerprint density at radius 3 is 2.74 bits per heavy atom. The molecule has 9 heteroatoms. The molecule has 0 bridgehead atoms. The third-order valence-corrected chi connectivity index (χ3v) is 7.68. The SMILES string of the molecule is C=C(/C(=C\C(=C/C)OC1CN(CCCF)C1)OC)[C@@H]1c2ccc3[nH]ncc3c2C[C@@H](C)N1CC(C)(F)COC. The first-order chi connectivity index (χ1) is 18.7. The minimum absolute atomic E-state index is 0.00366. The number of nitrogens with zero attached hydrogens (tertiary/aromatic N) is 3. The number of aromatic amines is 1. The zero-order valence-corrected chi connectivity index (χ0v) is 23.8. The van der Waals surface area contributed by atoms with Gasteiger partial charge in [0.15, 0.2) is 0 Å². The van der Waals surface area contributed by atoms with Crippen LogP contribution in [0.4, 0.5) is 8.78 Å². The number of nitrogens with one attached hydrogen (secondary N) is 1. The van der Waals surface area contributed by atoms with Gasteiger partial charge in [-0.25, -0.2) is 4.39 Å². The average Bonchev–Trinajstić information content (AvgIpc) is 3.36. The highest BCUT2D eigenvalue weighted by atomic mass is 19.1. The van der Waals surface area contributed by atoms with Crippen LogP contribution in [0, 0.1) is 0 Å². The van der Waals surface area contributed by atoms with Crippen LogP contribution in [0.2, 0.25) is 0 Å². The molecule has 3 atom stereocenters. The number of aromatic nitrogens is 2. The van der Waals surface area contributed by atoms with Crippen LogP contribution < -0.4 is 0 Å². The van der Waals surface area contributed by atoms with Gasteiger partial charge in [0, 0.05) is 56.4 Å². The number of methoxy groups -OCH3 is 2. The molecule has 39 heavy (non-hydrogen) atoms. The number of hydrogen-bond acceptors (Lipinski definition) is 6. The number of likely N-dealkylation sites (tertiary alicyclic amines) is 1. The Kier molecular flexibility index (Phi) is 9.46. The predicted octanol–water partition coefficient (Wildman–Crippen LogP) is 5.28. The van der Waals surface area contributed by atoms with Crippen molar-refractivity contribution in [3.8, 4) is 0 Å². The zero-order valence-electron chi connectivity index (χ0n) is 23.8. The van der Waals surface area contributed by atoms with Crippen LogP contribution in [-0.4, -0.2) is 91.5 Å². The number of hydrogen-bond donors (Lipinski definition) is 1. The fraction of sp³-hybridized carbons (Fsp3) is 0.567. The van der Waals surface area contributed by atoms with Gasteiger partial charge in [0.2, 0.25) is 0 Å². The summed E-state index contributed by atoms with van der Waals surface area (Å²) < 4.78 is 45.4. The summed E-state index contributed by atoms with van der Waals surface area (Å²) in [6.07, 6.45) is 6.97. The first-order valence-electron chi connectivity index (χ1n) is 13.7. The van der Waals surface area contributed by atoms with Gasteiger partial charge in [0.05, 0.1) is 38.1 Å². The molecule has 3 heterocycles. The van der Waals surface area contributed by atoms with Crippen LogP contribution >= 0.6 is 0 Å². The summed E-state index contributed by atoms with van der Waals surface area (Å²) in [5.74, 6) is 1.25. The Morgan fingerprint density at radius 2 is 2.08 bits per heavy atom. The van der Waals surface area contributed by atoms with E-state index in [1.54, 1.807) is 14.0 Å². The standard InChI is InChI=1S/C30H42F2N4O3/c1-7-22(39-23-16-35(17-23)12-8-11-31)14-28(38-6)21(3)29-24-9-10-27-26(15-33-34-27)25(24)13-20(2)36(29)18-30(4,32)19-37-5/h7,9-10,14-15,20,23,29H,3,8,11-13,16-19H2,1-2,4-6H3,(H,33,34)/b22-7+,28-14+/t20-,29-,30?/m1/s1. The number of fused-ring (bicyclic) bond motifs is 3. The molecule has 1 fully saturated rings. The smallest absolute Gasteiger partial charge is 0.144 e. The van der Waals surface area contributed by atoms with Crippen molar-refractivity contribution in [3.05, 3.63) is 65.3 Å². The van der Waals surface area contributed by atoms with Gasteiger partial charge in [-0.2, -0.15) is 5.10 Å². The van der Waals surface area contributed by atoms with E-state index in [9.17, 15) is 4.39 Å². The molecule has 2 aromatic rings. The van der Waals surface area contributed by atoms with Crippen molar-refractivity contribution in [2.24, 2.45) is 0 Å². The summed E-state index contributed by atoms with van der Waals surface area (Å²) in [4.78, 5) is 4.34. The molecule has 2 aliphatic heterocycles. The van der Waals surface area contributed by atoms with Crippen molar-refractivity contribution >= 4 is 10.9 Å². The molecule has 1 aromatic heterocycles. The Balaban J connectivity index is 1.64. The lowest BCUT2D eigenvalue weighted by molar-refractivity contribution is -0.0189. The minimum atomic E-state index is -1.55. The van der Waals surface area contributed by atoms with Crippen LogP contribution in [-0.2, 0) is 20.6 Å². The van der Waals surface area contributed by atoms with E-state index in [-0.39, 0.29) is 38.0 Å². The van der Waals surface area contributed by atoms with E-state index in [1.807, 2.05) is 31.3 Å². The van der Waals surface area contributed by atoms with Gasteiger partial charge >= 0.3 is 0 Å². The van der Waals surface area contributed by atoms with Gasteiger partial charge < -0.3 is 14.2 Å². The molecular weight excluding hydrogens is 502 g/mol. The number of ether oxygens (including phenoxy) is 3. The Hall–Kier alpha value is -2.75. The number of allylic oxidation sites excluding steroid dienone is 2. The number of rotatable bonds is 13. The fourth-order valence-corrected chi connectivity index (χ4v) is 5.77. The average molecular weight is 545 g/mol. The van der Waals surface area contributed by atoms with Crippen molar-refractivity contribution in [2.45, 2.75) is 57.5 Å². The van der Waals surface area contributed by atoms with Crippen molar-refractivity contribution in [1.82, 2.24) is 20.0 Å². The molecule has 1 aromatic carbocycles. The van der Waals surface area contributed by atoms with Gasteiger partial charge in [-0.15, -0.1) is 0 Å². The molecule has 7 nitrogen and oxygen atoms in total. The predicted molar refractivity (Wildman–Crippen MR) is 150 cm³/mol. The summed E-state index contributed by atoms with van der Waals surface area (Å²) in [6, 6.07) is 3.81. The number of benzene rings is 1. The van der Waals surface area contributed by atoms with Crippen LogP contribution in [0.3, 0.4) is 0 Å². The van der Waals surface area contributed by atoms with E-state index in [0.29, 0.717) is 17.9 Å². The molecule has 1 unspecified atom stereocenters. The normalized spacial score (nSPS) is 22.8. The molecule has 1 N–H and O–H groups in total. The maximum atomic E-state index is 15.6. The number of H-pyrrole nitrogens is 1. The van der Waals surface area contributed by atoms with Crippen LogP contribution in [0.15, 0.2) is 54.2 Å². The second-order valence-electron chi connectivity index (χ2n) is 10.9. The topological polar surface area (TPSA) is 62.9 Å².